The summed E-state index contributed by atoms with van der Waals surface area (Å²) in [4.78, 5) is 26.4. The highest BCUT2D eigenvalue weighted by Gasteiger charge is 2.31. The summed E-state index contributed by atoms with van der Waals surface area (Å²) in [6.07, 6.45) is 0.296. The molecule has 2 aliphatic heterocycles. The number of nitrogens with one attached hydrogen (secondary N) is 2. The topological polar surface area (TPSA) is 79.9 Å². The Balaban J connectivity index is 1.31. The first kappa shape index (κ1) is 18.2. The standard InChI is InChI=1S/C21H23N3O4/c1-13-3-5-17(7-14(13)2)24-11-16(9-20(24)25)23-21(26)22-10-15-4-6-18-19(8-15)28-12-27-18/h3-8,16H,9-12H2,1-2H3,(H2,22,23,26). The summed E-state index contributed by atoms with van der Waals surface area (Å²) in [7, 11) is 0. The normalized spacial score (nSPS) is 17.7. The highest BCUT2D eigenvalue weighted by molar-refractivity contribution is 5.96. The fourth-order valence-corrected chi connectivity index (χ4v) is 3.42. The monoisotopic (exact) mass is 381 g/mol. The van der Waals surface area contributed by atoms with Crippen molar-refractivity contribution in [2.24, 2.45) is 0 Å². The van der Waals surface area contributed by atoms with Gasteiger partial charge in [-0.15, -0.1) is 0 Å². The molecule has 1 saturated heterocycles. The molecule has 3 amide bonds. The molecule has 2 aliphatic rings. The van der Waals surface area contributed by atoms with Crippen LogP contribution < -0.4 is 25.0 Å². The van der Waals surface area contributed by atoms with Crippen molar-refractivity contribution in [2.45, 2.75) is 32.9 Å². The number of aryl methyl sites for hydroxylation is 2. The molecule has 7 nitrogen and oxygen atoms in total. The maximum atomic E-state index is 12.4. The highest BCUT2D eigenvalue weighted by atomic mass is 16.7. The third-order valence-electron chi connectivity index (χ3n) is 5.15. The number of hydrogen-bond donors (Lipinski definition) is 2. The van der Waals surface area contributed by atoms with Crippen LogP contribution in [0.4, 0.5) is 10.5 Å². The Morgan fingerprint density at radius 3 is 2.75 bits per heavy atom. The quantitative estimate of drug-likeness (QED) is 0.853. The fraction of sp³-hybridized carbons (Fsp3) is 0.333. The van der Waals surface area contributed by atoms with Gasteiger partial charge in [-0.2, -0.15) is 0 Å². The molecule has 2 aromatic carbocycles. The molecule has 0 aromatic heterocycles. The lowest BCUT2D eigenvalue weighted by molar-refractivity contribution is -0.117. The van der Waals surface area contributed by atoms with E-state index in [0.29, 0.717) is 31.0 Å². The summed E-state index contributed by atoms with van der Waals surface area (Å²) in [5, 5.41) is 5.72. The van der Waals surface area contributed by atoms with Crippen molar-refractivity contribution < 1.29 is 19.1 Å². The number of ether oxygens (including phenoxy) is 2. The molecule has 0 aliphatic carbocycles. The summed E-state index contributed by atoms with van der Waals surface area (Å²) in [5.41, 5.74) is 4.12. The van der Waals surface area contributed by atoms with E-state index < -0.39 is 0 Å². The molecule has 2 N–H and O–H groups in total. The molecule has 0 bridgehead atoms. The van der Waals surface area contributed by atoms with E-state index in [4.69, 9.17) is 9.47 Å². The maximum absolute atomic E-state index is 12.4. The van der Waals surface area contributed by atoms with Crippen molar-refractivity contribution >= 4 is 17.6 Å². The summed E-state index contributed by atoms with van der Waals surface area (Å²) >= 11 is 0. The van der Waals surface area contributed by atoms with Gasteiger partial charge in [-0.3, -0.25) is 4.79 Å². The zero-order chi connectivity index (χ0) is 19.7. The van der Waals surface area contributed by atoms with E-state index in [1.165, 1.54) is 5.56 Å². The van der Waals surface area contributed by atoms with Crippen LogP contribution in [0.25, 0.3) is 0 Å². The second kappa shape index (κ2) is 7.42. The molecular formula is C21H23N3O4. The van der Waals surface area contributed by atoms with Crippen LogP contribution in [-0.4, -0.2) is 31.3 Å². The minimum Gasteiger partial charge on any atom is -0.454 e. The summed E-state index contributed by atoms with van der Waals surface area (Å²) in [6, 6.07) is 11.0. The summed E-state index contributed by atoms with van der Waals surface area (Å²) < 4.78 is 10.6. The molecule has 2 aromatic rings. The van der Waals surface area contributed by atoms with E-state index in [1.807, 2.05) is 50.2 Å². The van der Waals surface area contributed by atoms with Gasteiger partial charge in [-0.25, -0.2) is 4.79 Å². The smallest absolute Gasteiger partial charge is 0.315 e. The number of rotatable bonds is 4. The lowest BCUT2D eigenvalue weighted by Gasteiger charge is -2.18. The first-order valence-electron chi connectivity index (χ1n) is 9.30. The molecule has 1 atom stereocenters. The first-order chi connectivity index (χ1) is 13.5. The SMILES string of the molecule is Cc1ccc(N2CC(NC(=O)NCc3ccc4c(c3)OCO4)CC2=O)cc1C. The van der Waals surface area contributed by atoms with Gasteiger partial charge < -0.3 is 25.0 Å². The highest BCUT2D eigenvalue weighted by Crippen LogP contribution is 2.32. The van der Waals surface area contributed by atoms with Crippen molar-refractivity contribution in [2.75, 3.05) is 18.2 Å². The van der Waals surface area contributed by atoms with Crippen molar-refractivity contribution in [1.29, 1.82) is 0 Å². The van der Waals surface area contributed by atoms with Gasteiger partial charge in [0.05, 0.1) is 6.04 Å². The van der Waals surface area contributed by atoms with Crippen molar-refractivity contribution in [1.82, 2.24) is 10.6 Å². The van der Waals surface area contributed by atoms with Crippen molar-refractivity contribution in [3.8, 4) is 11.5 Å². The first-order valence-corrected chi connectivity index (χ1v) is 9.30. The van der Waals surface area contributed by atoms with E-state index in [1.54, 1.807) is 4.90 Å². The number of nitrogens with zero attached hydrogens (tertiary/aromatic N) is 1. The van der Waals surface area contributed by atoms with Gasteiger partial charge in [0, 0.05) is 25.2 Å². The Labute approximate surface area is 163 Å². The molecular weight excluding hydrogens is 358 g/mol. The zero-order valence-corrected chi connectivity index (χ0v) is 16.0. The molecule has 0 spiro atoms. The van der Waals surface area contributed by atoms with Gasteiger partial charge in [0.25, 0.3) is 0 Å². The molecule has 146 valence electrons. The minimum atomic E-state index is -0.294. The van der Waals surface area contributed by atoms with Gasteiger partial charge in [0.1, 0.15) is 0 Å². The second-order valence-corrected chi connectivity index (χ2v) is 7.19. The van der Waals surface area contributed by atoms with Gasteiger partial charge in [0.15, 0.2) is 11.5 Å². The molecule has 7 heteroatoms. The second-order valence-electron chi connectivity index (χ2n) is 7.19. The Hall–Kier alpha value is -3.22. The third-order valence-corrected chi connectivity index (χ3v) is 5.15. The predicted molar refractivity (Wildman–Crippen MR) is 105 cm³/mol. The fourth-order valence-electron chi connectivity index (χ4n) is 3.42. The van der Waals surface area contributed by atoms with Crippen LogP contribution in [0.2, 0.25) is 0 Å². The van der Waals surface area contributed by atoms with E-state index >= 15 is 0 Å². The van der Waals surface area contributed by atoms with Gasteiger partial charge in [0.2, 0.25) is 12.7 Å². The molecule has 1 unspecified atom stereocenters. The third kappa shape index (κ3) is 3.74. The Kier molecular flexibility index (Phi) is 4.81. The van der Waals surface area contributed by atoms with Crippen LogP contribution in [0.15, 0.2) is 36.4 Å². The number of carbonyl (C=O) groups excluding carboxylic acids is 2. The van der Waals surface area contributed by atoms with Gasteiger partial charge in [-0.1, -0.05) is 12.1 Å². The Bertz CT molecular complexity index is 928. The molecule has 2 heterocycles. The number of urea groups is 1. The lowest BCUT2D eigenvalue weighted by atomic mass is 10.1. The van der Waals surface area contributed by atoms with E-state index in [-0.39, 0.29) is 24.8 Å². The maximum Gasteiger partial charge on any atom is 0.315 e. The largest absolute Gasteiger partial charge is 0.454 e. The van der Waals surface area contributed by atoms with E-state index in [0.717, 1.165) is 16.8 Å². The number of hydrogen-bond acceptors (Lipinski definition) is 4. The molecule has 28 heavy (non-hydrogen) atoms. The number of fused-ring (bicyclic) bond motifs is 1. The summed E-state index contributed by atoms with van der Waals surface area (Å²) in [5.74, 6) is 1.42. The molecule has 0 radical (unpaired) electrons. The van der Waals surface area contributed by atoms with Gasteiger partial charge in [-0.05, 0) is 54.8 Å². The van der Waals surface area contributed by atoms with Crippen LogP contribution >= 0.6 is 0 Å². The van der Waals surface area contributed by atoms with Crippen molar-refractivity contribution in [3.05, 3.63) is 53.1 Å². The Morgan fingerprint density at radius 1 is 1.11 bits per heavy atom. The van der Waals surface area contributed by atoms with Crippen LogP contribution in [0.1, 0.15) is 23.1 Å². The van der Waals surface area contributed by atoms with E-state index in [9.17, 15) is 9.59 Å². The molecule has 4 rings (SSSR count). The number of amides is 3. The number of benzene rings is 2. The predicted octanol–water partition coefficient (Wildman–Crippen LogP) is 2.64. The zero-order valence-electron chi connectivity index (χ0n) is 16.0. The van der Waals surface area contributed by atoms with Crippen molar-refractivity contribution in [3.63, 3.8) is 0 Å². The van der Waals surface area contributed by atoms with E-state index in [2.05, 4.69) is 10.6 Å². The minimum absolute atomic E-state index is 0.0179. The Morgan fingerprint density at radius 2 is 1.93 bits per heavy atom. The number of anilines is 1. The molecule has 1 fully saturated rings. The van der Waals surface area contributed by atoms with Crippen LogP contribution in [0.5, 0.6) is 11.5 Å². The lowest BCUT2D eigenvalue weighted by Crippen LogP contribution is -2.43. The number of carbonyl (C=O) groups is 2. The average Bonchev–Trinajstić information content (AvgIpc) is 3.28. The van der Waals surface area contributed by atoms with Gasteiger partial charge >= 0.3 is 6.03 Å². The van der Waals surface area contributed by atoms with Crippen LogP contribution in [0, 0.1) is 13.8 Å². The summed E-state index contributed by atoms with van der Waals surface area (Å²) in [6.45, 7) is 5.13. The average molecular weight is 381 g/mol. The molecule has 0 saturated carbocycles. The van der Waals surface area contributed by atoms with Crippen LogP contribution in [-0.2, 0) is 11.3 Å². The van der Waals surface area contributed by atoms with Crippen LogP contribution in [0.3, 0.4) is 0 Å².